The van der Waals surface area contributed by atoms with E-state index in [4.69, 9.17) is 0 Å². The van der Waals surface area contributed by atoms with E-state index in [-0.39, 0.29) is 5.56 Å². The lowest BCUT2D eigenvalue weighted by Gasteiger charge is -2.06. The second-order valence-electron chi connectivity index (χ2n) is 3.49. The first-order chi connectivity index (χ1) is 7.27. The third-order valence-electron chi connectivity index (χ3n) is 2.37. The summed E-state index contributed by atoms with van der Waals surface area (Å²) in [6, 6.07) is 3.72. The van der Waals surface area contributed by atoms with E-state index in [2.05, 4.69) is 4.98 Å². The molecule has 0 saturated carbocycles. The van der Waals surface area contributed by atoms with Gasteiger partial charge in [-0.2, -0.15) is 0 Å². The molecule has 0 amide bonds. The predicted molar refractivity (Wildman–Crippen MR) is 57.7 cm³/mol. The molecule has 0 unspecified atom stereocenters. The number of imidazole rings is 1. The van der Waals surface area contributed by atoms with E-state index in [9.17, 15) is 4.79 Å². The first-order valence-electron chi connectivity index (χ1n) is 4.89. The fourth-order valence-corrected chi connectivity index (χ4v) is 1.48. The second kappa shape index (κ2) is 4.13. The van der Waals surface area contributed by atoms with E-state index in [0.717, 1.165) is 12.1 Å². The van der Waals surface area contributed by atoms with Gasteiger partial charge in [0, 0.05) is 37.2 Å². The quantitative estimate of drug-likeness (QED) is 0.748. The Morgan fingerprint density at radius 1 is 1.33 bits per heavy atom. The summed E-state index contributed by atoms with van der Waals surface area (Å²) in [6.07, 6.45) is 7.19. The van der Waals surface area contributed by atoms with Crippen LogP contribution in [0.5, 0.6) is 0 Å². The van der Waals surface area contributed by atoms with Crippen LogP contribution in [-0.4, -0.2) is 14.1 Å². The molecular formula is C11H13N3O. The van der Waals surface area contributed by atoms with E-state index in [0.29, 0.717) is 6.54 Å². The number of nitrogens with zero attached hydrogens (tertiary/aromatic N) is 3. The molecule has 2 rings (SSSR count). The summed E-state index contributed by atoms with van der Waals surface area (Å²) < 4.78 is 3.67. The molecule has 0 radical (unpaired) electrons. The van der Waals surface area contributed by atoms with E-state index in [1.807, 2.05) is 36.0 Å². The first kappa shape index (κ1) is 9.71. The Labute approximate surface area is 87.8 Å². The number of hydrogen-bond acceptors (Lipinski definition) is 2. The molecular weight excluding hydrogens is 190 g/mol. The molecule has 0 bridgehead atoms. The summed E-state index contributed by atoms with van der Waals surface area (Å²) in [5.74, 6) is 0. The highest BCUT2D eigenvalue weighted by Gasteiger charge is 1.98. The predicted octanol–water partition coefficient (Wildman–Crippen LogP) is 1.05. The van der Waals surface area contributed by atoms with Crippen LogP contribution in [0.1, 0.15) is 5.56 Å². The number of hydrogen-bond donors (Lipinski definition) is 0. The summed E-state index contributed by atoms with van der Waals surface area (Å²) in [7, 11) is 0. The molecule has 4 nitrogen and oxygen atoms in total. The van der Waals surface area contributed by atoms with Crippen molar-refractivity contribution in [1.29, 1.82) is 0 Å². The topological polar surface area (TPSA) is 39.8 Å². The highest BCUT2D eigenvalue weighted by atomic mass is 16.1. The fourth-order valence-electron chi connectivity index (χ4n) is 1.48. The summed E-state index contributed by atoms with van der Waals surface area (Å²) >= 11 is 0. The molecule has 2 heterocycles. The van der Waals surface area contributed by atoms with Crippen molar-refractivity contribution < 1.29 is 0 Å². The Morgan fingerprint density at radius 2 is 2.20 bits per heavy atom. The summed E-state index contributed by atoms with van der Waals surface area (Å²) in [5, 5.41) is 0. The van der Waals surface area contributed by atoms with Crippen molar-refractivity contribution in [1.82, 2.24) is 14.1 Å². The molecule has 0 saturated heterocycles. The van der Waals surface area contributed by atoms with Crippen LogP contribution in [0, 0.1) is 6.92 Å². The van der Waals surface area contributed by atoms with Crippen LogP contribution in [0.15, 0.2) is 41.8 Å². The van der Waals surface area contributed by atoms with Crippen LogP contribution < -0.4 is 5.56 Å². The Balaban J connectivity index is 2.12. The third kappa shape index (κ3) is 2.15. The molecule has 78 valence electrons. The molecule has 0 fully saturated rings. The van der Waals surface area contributed by atoms with Crippen LogP contribution in [0.3, 0.4) is 0 Å². The van der Waals surface area contributed by atoms with Crippen molar-refractivity contribution in [3.05, 3.63) is 53.0 Å². The third-order valence-corrected chi connectivity index (χ3v) is 2.37. The maximum atomic E-state index is 11.7. The molecule has 0 spiro atoms. The Hall–Kier alpha value is -1.84. The van der Waals surface area contributed by atoms with Gasteiger partial charge in [0.25, 0.3) is 5.56 Å². The summed E-state index contributed by atoms with van der Waals surface area (Å²) in [6.45, 7) is 3.27. The largest absolute Gasteiger partial charge is 0.336 e. The normalized spacial score (nSPS) is 10.5. The summed E-state index contributed by atoms with van der Waals surface area (Å²) in [4.78, 5) is 15.6. The van der Waals surface area contributed by atoms with E-state index < -0.39 is 0 Å². The molecule has 0 aromatic carbocycles. The van der Waals surface area contributed by atoms with Gasteiger partial charge < -0.3 is 9.13 Å². The molecule has 0 aliphatic carbocycles. The SMILES string of the molecule is Cc1cccn(CCn2ccnc2)c1=O. The molecule has 0 N–H and O–H groups in total. The number of rotatable bonds is 3. The summed E-state index contributed by atoms with van der Waals surface area (Å²) in [5.41, 5.74) is 0.862. The number of aryl methyl sites for hydroxylation is 3. The first-order valence-corrected chi connectivity index (χ1v) is 4.89. The lowest BCUT2D eigenvalue weighted by atomic mass is 10.3. The Kier molecular flexibility index (Phi) is 2.67. The molecule has 0 aliphatic rings. The van der Waals surface area contributed by atoms with E-state index in [1.54, 1.807) is 17.1 Å². The van der Waals surface area contributed by atoms with Gasteiger partial charge >= 0.3 is 0 Å². The second-order valence-corrected chi connectivity index (χ2v) is 3.49. The zero-order valence-electron chi connectivity index (χ0n) is 8.63. The van der Waals surface area contributed by atoms with Gasteiger partial charge in [-0.3, -0.25) is 4.79 Å². The van der Waals surface area contributed by atoms with Crippen LogP contribution in [-0.2, 0) is 13.1 Å². The zero-order valence-corrected chi connectivity index (χ0v) is 8.63. The van der Waals surface area contributed by atoms with Gasteiger partial charge in [0.1, 0.15) is 0 Å². The maximum Gasteiger partial charge on any atom is 0.253 e. The van der Waals surface area contributed by atoms with Crippen molar-refractivity contribution in [2.45, 2.75) is 20.0 Å². The van der Waals surface area contributed by atoms with E-state index in [1.165, 1.54) is 0 Å². The molecule has 0 atom stereocenters. The molecule has 2 aromatic heterocycles. The van der Waals surface area contributed by atoms with Gasteiger partial charge in [-0.1, -0.05) is 6.07 Å². The highest BCUT2D eigenvalue weighted by molar-refractivity contribution is 5.07. The van der Waals surface area contributed by atoms with Crippen molar-refractivity contribution in [2.75, 3.05) is 0 Å². The fraction of sp³-hybridized carbons (Fsp3) is 0.273. The number of pyridine rings is 1. The van der Waals surface area contributed by atoms with Gasteiger partial charge in [0.05, 0.1) is 6.33 Å². The number of aromatic nitrogens is 3. The minimum atomic E-state index is 0.0811. The average molecular weight is 203 g/mol. The highest BCUT2D eigenvalue weighted by Crippen LogP contribution is 1.92. The van der Waals surface area contributed by atoms with E-state index >= 15 is 0 Å². The van der Waals surface area contributed by atoms with Crippen molar-refractivity contribution in [3.8, 4) is 0 Å². The van der Waals surface area contributed by atoms with Crippen LogP contribution in [0.25, 0.3) is 0 Å². The van der Waals surface area contributed by atoms with Crippen molar-refractivity contribution >= 4 is 0 Å². The van der Waals surface area contributed by atoms with Crippen molar-refractivity contribution in [2.24, 2.45) is 0 Å². The Bertz CT molecular complexity index is 485. The lowest BCUT2D eigenvalue weighted by Crippen LogP contribution is -2.23. The zero-order chi connectivity index (χ0) is 10.7. The van der Waals surface area contributed by atoms with Crippen LogP contribution >= 0.6 is 0 Å². The van der Waals surface area contributed by atoms with Gasteiger partial charge in [0.15, 0.2) is 0 Å². The van der Waals surface area contributed by atoms with Crippen LogP contribution in [0.4, 0.5) is 0 Å². The average Bonchev–Trinajstić information content (AvgIpc) is 2.73. The molecule has 0 aliphatic heterocycles. The minimum absolute atomic E-state index is 0.0811. The van der Waals surface area contributed by atoms with Crippen molar-refractivity contribution in [3.63, 3.8) is 0 Å². The standard InChI is InChI=1S/C11H13N3O/c1-10-3-2-5-14(11(10)15)8-7-13-6-4-12-9-13/h2-6,9H,7-8H2,1H3. The molecule has 15 heavy (non-hydrogen) atoms. The maximum absolute atomic E-state index is 11.7. The lowest BCUT2D eigenvalue weighted by molar-refractivity contribution is 0.563. The molecule has 2 aromatic rings. The van der Waals surface area contributed by atoms with Gasteiger partial charge in [0.2, 0.25) is 0 Å². The van der Waals surface area contributed by atoms with Gasteiger partial charge in [-0.05, 0) is 13.0 Å². The monoisotopic (exact) mass is 203 g/mol. The minimum Gasteiger partial charge on any atom is -0.336 e. The van der Waals surface area contributed by atoms with Gasteiger partial charge in [-0.25, -0.2) is 4.98 Å². The molecule has 4 heteroatoms. The van der Waals surface area contributed by atoms with Gasteiger partial charge in [-0.15, -0.1) is 0 Å². The Morgan fingerprint density at radius 3 is 2.93 bits per heavy atom. The smallest absolute Gasteiger partial charge is 0.253 e. The van der Waals surface area contributed by atoms with Crippen LogP contribution in [0.2, 0.25) is 0 Å².